The van der Waals surface area contributed by atoms with Gasteiger partial charge in [0.15, 0.2) is 0 Å². The summed E-state index contributed by atoms with van der Waals surface area (Å²) in [4.78, 5) is 15.0. The molecule has 1 aliphatic rings. The molecule has 1 heterocycles. The number of hydrogen-bond donors (Lipinski definition) is 1. The molecule has 2 aromatic rings. The lowest BCUT2D eigenvalue weighted by Gasteiger charge is -2.26. The summed E-state index contributed by atoms with van der Waals surface area (Å²) in [7, 11) is 0. The van der Waals surface area contributed by atoms with Gasteiger partial charge < -0.3 is 10.0 Å². The first-order valence-corrected chi connectivity index (χ1v) is 7.66. The third-order valence-corrected chi connectivity index (χ3v) is 4.45. The van der Waals surface area contributed by atoms with E-state index in [4.69, 9.17) is 0 Å². The minimum absolute atomic E-state index is 0.402. The van der Waals surface area contributed by atoms with Crippen molar-refractivity contribution in [2.45, 2.75) is 32.4 Å². The van der Waals surface area contributed by atoms with Crippen LogP contribution in [0, 0.1) is 6.92 Å². The first kappa shape index (κ1) is 13.2. The van der Waals surface area contributed by atoms with Crippen molar-refractivity contribution in [2.75, 3.05) is 4.90 Å². The normalized spacial score (nSPS) is 14.2. The Morgan fingerprint density at radius 3 is 2.80 bits per heavy atom. The number of carboxylic acid groups (broad SMARTS) is 1. The van der Waals surface area contributed by atoms with Crippen molar-refractivity contribution >= 4 is 23.0 Å². The van der Waals surface area contributed by atoms with Crippen LogP contribution in [0.5, 0.6) is 0 Å². The molecule has 104 valence electrons. The van der Waals surface area contributed by atoms with E-state index in [0.717, 1.165) is 30.6 Å². The number of aryl methyl sites for hydroxylation is 1. The predicted octanol–water partition coefficient (Wildman–Crippen LogP) is 3.92. The predicted molar refractivity (Wildman–Crippen MR) is 81.7 cm³/mol. The minimum atomic E-state index is -0.850. The summed E-state index contributed by atoms with van der Waals surface area (Å²) < 4.78 is 0. The molecule has 1 aliphatic carbocycles. The van der Waals surface area contributed by atoms with Crippen molar-refractivity contribution in [2.24, 2.45) is 0 Å². The first-order chi connectivity index (χ1) is 9.65. The van der Waals surface area contributed by atoms with E-state index in [-0.39, 0.29) is 0 Å². The third-order valence-electron chi connectivity index (χ3n) is 3.59. The molecule has 1 aromatic heterocycles. The van der Waals surface area contributed by atoms with Crippen molar-refractivity contribution < 1.29 is 9.90 Å². The second-order valence-electron chi connectivity index (χ2n) is 5.26. The number of rotatable bonds is 5. The zero-order valence-corrected chi connectivity index (χ0v) is 12.2. The van der Waals surface area contributed by atoms with Gasteiger partial charge in [-0.15, -0.1) is 11.3 Å². The van der Waals surface area contributed by atoms with Gasteiger partial charge >= 0.3 is 5.97 Å². The molecule has 1 aromatic carbocycles. The molecule has 1 fully saturated rings. The van der Waals surface area contributed by atoms with Gasteiger partial charge in [-0.05, 0) is 48.9 Å². The summed E-state index contributed by atoms with van der Waals surface area (Å²) in [5.41, 5.74) is 2.36. The molecule has 3 rings (SSSR count). The number of anilines is 1. The van der Waals surface area contributed by atoms with Crippen LogP contribution >= 0.6 is 11.3 Å². The molecule has 4 heteroatoms. The van der Waals surface area contributed by atoms with E-state index in [2.05, 4.69) is 16.3 Å². The number of carbonyl (C=O) groups is 1. The van der Waals surface area contributed by atoms with Crippen molar-refractivity contribution in [1.29, 1.82) is 0 Å². The van der Waals surface area contributed by atoms with Crippen LogP contribution < -0.4 is 4.90 Å². The van der Waals surface area contributed by atoms with E-state index < -0.39 is 5.97 Å². The molecule has 0 atom stereocenters. The summed E-state index contributed by atoms with van der Waals surface area (Å²) in [6, 6.07) is 10.2. The highest BCUT2D eigenvalue weighted by atomic mass is 32.1. The van der Waals surface area contributed by atoms with E-state index in [0.29, 0.717) is 11.6 Å². The standard InChI is InChI=1S/C16H17NO2S/c1-11-4-7-14(16(18)19)15(9-11)17(12-5-6-12)10-13-3-2-8-20-13/h2-4,7-9,12H,5-6,10H2,1H3,(H,18,19). The molecule has 3 nitrogen and oxygen atoms in total. The van der Waals surface area contributed by atoms with E-state index >= 15 is 0 Å². The van der Waals surface area contributed by atoms with Gasteiger partial charge in [0.2, 0.25) is 0 Å². The molecule has 0 radical (unpaired) electrons. The molecule has 0 bridgehead atoms. The van der Waals surface area contributed by atoms with Gasteiger partial charge in [0.25, 0.3) is 0 Å². The molecule has 0 spiro atoms. The van der Waals surface area contributed by atoms with Crippen molar-refractivity contribution in [1.82, 2.24) is 0 Å². The fourth-order valence-electron chi connectivity index (χ4n) is 2.43. The Morgan fingerprint density at radius 2 is 2.20 bits per heavy atom. The van der Waals surface area contributed by atoms with E-state index in [1.165, 1.54) is 4.88 Å². The topological polar surface area (TPSA) is 40.5 Å². The lowest BCUT2D eigenvalue weighted by molar-refractivity contribution is 0.0697. The smallest absolute Gasteiger partial charge is 0.337 e. The molecule has 0 aliphatic heterocycles. The van der Waals surface area contributed by atoms with Gasteiger partial charge in [0.1, 0.15) is 0 Å². The van der Waals surface area contributed by atoms with E-state index in [1.54, 1.807) is 17.4 Å². The Morgan fingerprint density at radius 1 is 1.40 bits per heavy atom. The fourth-order valence-corrected chi connectivity index (χ4v) is 3.13. The Bertz CT molecular complexity index is 617. The molecule has 0 amide bonds. The van der Waals surface area contributed by atoms with Crippen LogP contribution in [0.15, 0.2) is 35.7 Å². The van der Waals surface area contributed by atoms with Crippen LogP contribution in [0.4, 0.5) is 5.69 Å². The van der Waals surface area contributed by atoms with E-state index in [9.17, 15) is 9.90 Å². The van der Waals surface area contributed by atoms with Crippen LogP contribution in [-0.2, 0) is 6.54 Å². The quantitative estimate of drug-likeness (QED) is 0.906. The van der Waals surface area contributed by atoms with Gasteiger partial charge in [-0.1, -0.05) is 12.1 Å². The van der Waals surface area contributed by atoms with Crippen molar-refractivity contribution in [3.8, 4) is 0 Å². The number of nitrogens with zero attached hydrogens (tertiary/aromatic N) is 1. The molecule has 20 heavy (non-hydrogen) atoms. The molecule has 0 unspecified atom stereocenters. The average molecular weight is 287 g/mol. The van der Waals surface area contributed by atoms with Crippen molar-refractivity contribution in [3.63, 3.8) is 0 Å². The number of carboxylic acids is 1. The summed E-state index contributed by atoms with van der Waals surface area (Å²) in [6.07, 6.45) is 2.30. The zero-order chi connectivity index (χ0) is 14.1. The molecular formula is C16H17NO2S. The van der Waals surface area contributed by atoms with Crippen LogP contribution in [0.1, 0.15) is 33.6 Å². The second kappa shape index (κ2) is 5.29. The Hall–Kier alpha value is -1.81. The van der Waals surface area contributed by atoms with Gasteiger partial charge in [-0.3, -0.25) is 0 Å². The average Bonchev–Trinajstić information content (AvgIpc) is 3.12. The lowest BCUT2D eigenvalue weighted by Crippen LogP contribution is -2.26. The first-order valence-electron chi connectivity index (χ1n) is 6.78. The van der Waals surface area contributed by atoms with Crippen LogP contribution in [0.25, 0.3) is 0 Å². The SMILES string of the molecule is Cc1ccc(C(=O)O)c(N(Cc2cccs2)C2CC2)c1. The molecule has 1 N–H and O–H groups in total. The fraction of sp³-hybridized carbons (Fsp3) is 0.312. The van der Waals surface area contributed by atoms with Gasteiger partial charge in [0, 0.05) is 10.9 Å². The van der Waals surface area contributed by atoms with Crippen LogP contribution in [0.3, 0.4) is 0 Å². The third kappa shape index (κ3) is 2.70. The molecular weight excluding hydrogens is 270 g/mol. The summed E-state index contributed by atoms with van der Waals surface area (Å²) in [5, 5.41) is 11.5. The summed E-state index contributed by atoms with van der Waals surface area (Å²) in [6.45, 7) is 2.80. The van der Waals surface area contributed by atoms with E-state index in [1.807, 2.05) is 25.1 Å². The Kier molecular flexibility index (Phi) is 3.49. The van der Waals surface area contributed by atoms with Gasteiger partial charge in [0.05, 0.1) is 17.8 Å². The molecule has 1 saturated carbocycles. The highest BCUT2D eigenvalue weighted by Crippen LogP contribution is 2.36. The maximum atomic E-state index is 11.5. The van der Waals surface area contributed by atoms with Crippen molar-refractivity contribution in [3.05, 3.63) is 51.7 Å². The largest absolute Gasteiger partial charge is 0.478 e. The second-order valence-corrected chi connectivity index (χ2v) is 6.30. The zero-order valence-electron chi connectivity index (χ0n) is 11.4. The minimum Gasteiger partial charge on any atom is -0.478 e. The highest BCUT2D eigenvalue weighted by molar-refractivity contribution is 7.09. The molecule has 0 saturated heterocycles. The summed E-state index contributed by atoms with van der Waals surface area (Å²) >= 11 is 1.72. The highest BCUT2D eigenvalue weighted by Gasteiger charge is 2.31. The summed E-state index contributed by atoms with van der Waals surface area (Å²) in [5.74, 6) is -0.850. The number of thiophene rings is 1. The maximum Gasteiger partial charge on any atom is 0.337 e. The maximum absolute atomic E-state index is 11.5. The number of hydrogen-bond acceptors (Lipinski definition) is 3. The Labute approximate surface area is 122 Å². The van der Waals surface area contributed by atoms with Gasteiger partial charge in [-0.25, -0.2) is 4.79 Å². The Balaban J connectivity index is 1.98. The number of aromatic carboxylic acids is 1. The van der Waals surface area contributed by atoms with Crippen LogP contribution in [0.2, 0.25) is 0 Å². The lowest BCUT2D eigenvalue weighted by atomic mass is 10.1. The number of benzene rings is 1. The van der Waals surface area contributed by atoms with Crippen LogP contribution in [-0.4, -0.2) is 17.1 Å². The monoisotopic (exact) mass is 287 g/mol. The van der Waals surface area contributed by atoms with Gasteiger partial charge in [-0.2, -0.15) is 0 Å².